The summed E-state index contributed by atoms with van der Waals surface area (Å²) < 4.78 is 2.40. The number of hydrogen-bond acceptors (Lipinski definition) is 5. The van der Waals surface area contributed by atoms with Crippen molar-refractivity contribution in [3.05, 3.63) is 290 Å². The first kappa shape index (κ1) is 44.4. The second-order valence-corrected chi connectivity index (χ2v) is 21.1. The number of fused-ring (bicyclic) bond motifs is 7. The van der Waals surface area contributed by atoms with Crippen LogP contribution < -0.4 is 4.90 Å². The van der Waals surface area contributed by atoms with Crippen molar-refractivity contribution in [2.75, 3.05) is 11.4 Å². The van der Waals surface area contributed by atoms with Crippen LogP contribution in [0, 0.1) is 0 Å². The number of para-hydroxylation sites is 3. The van der Waals surface area contributed by atoms with E-state index in [1.807, 2.05) is 0 Å². The molecule has 15 aromatic rings. The molecule has 2 aromatic heterocycles. The van der Waals surface area contributed by atoms with Crippen molar-refractivity contribution in [3.63, 3.8) is 0 Å². The zero-order chi connectivity index (χ0) is 52.4. The van der Waals surface area contributed by atoms with Crippen molar-refractivity contribution in [2.24, 2.45) is 0 Å². The van der Waals surface area contributed by atoms with E-state index in [1.54, 1.807) is 6.33 Å². The number of aromatic nitrogens is 4. The van der Waals surface area contributed by atoms with Crippen LogP contribution in [0.25, 0.3) is 132 Å². The fourth-order valence-electron chi connectivity index (χ4n) is 13.3. The molecule has 372 valence electrons. The van der Waals surface area contributed by atoms with Gasteiger partial charge in [-0.05, 0) is 154 Å². The molecule has 0 saturated carbocycles. The van der Waals surface area contributed by atoms with Crippen LogP contribution in [0.15, 0.2) is 273 Å². The molecule has 0 amide bonds. The van der Waals surface area contributed by atoms with Crippen molar-refractivity contribution in [3.8, 4) is 28.2 Å². The van der Waals surface area contributed by atoms with Gasteiger partial charge in [0.2, 0.25) is 0 Å². The van der Waals surface area contributed by atoms with E-state index >= 15 is 0 Å². The van der Waals surface area contributed by atoms with Gasteiger partial charge >= 0.3 is 0 Å². The molecule has 0 spiro atoms. The Morgan fingerprint density at radius 3 is 1.69 bits per heavy atom. The van der Waals surface area contributed by atoms with Crippen LogP contribution in [0.2, 0.25) is 0 Å². The molecule has 4 heterocycles. The van der Waals surface area contributed by atoms with Gasteiger partial charge in [0.15, 0.2) is 11.6 Å². The Kier molecular flexibility index (Phi) is 9.67. The highest BCUT2D eigenvalue weighted by molar-refractivity contribution is 6.26. The predicted octanol–water partition coefficient (Wildman–Crippen LogP) is 18.2. The summed E-state index contributed by atoms with van der Waals surface area (Å²) in [5.74, 6) is 2.20. The van der Waals surface area contributed by atoms with Gasteiger partial charge in [0.1, 0.15) is 17.8 Å². The number of nitrogens with zero attached hydrogens (tertiary/aromatic N) is 6. The lowest BCUT2D eigenvalue weighted by molar-refractivity contribution is 0.548. The Morgan fingerprint density at radius 1 is 0.350 bits per heavy atom. The number of hydrogen-bond donors (Lipinski definition) is 0. The first-order valence-electron chi connectivity index (χ1n) is 27.4. The SMILES string of the molecule is C1=C(c2cc3ccc4cccc5ccc(c2)c3c45)C=C2N(C1)C(c1ccc3ccccc3c1)=C(c1ncnc(-c3c4ccccc4c(-c4ccccc4)c4cc5c6ccccc6n(-c6ccccc6)c5cc34)n1)N2c1ccccc1. The lowest BCUT2D eigenvalue weighted by Crippen LogP contribution is -2.27. The highest BCUT2D eigenvalue weighted by Gasteiger charge is 2.40. The van der Waals surface area contributed by atoms with Crippen molar-refractivity contribution in [1.29, 1.82) is 0 Å². The quantitative estimate of drug-likeness (QED) is 0.118. The Bertz CT molecular complexity index is 5090. The molecule has 0 saturated heterocycles. The van der Waals surface area contributed by atoms with Gasteiger partial charge in [0.25, 0.3) is 0 Å². The van der Waals surface area contributed by atoms with Crippen LogP contribution in [-0.4, -0.2) is 31.0 Å². The molecule has 0 unspecified atom stereocenters. The lowest BCUT2D eigenvalue weighted by atomic mass is 9.87. The Morgan fingerprint density at radius 2 is 0.925 bits per heavy atom. The zero-order valence-corrected chi connectivity index (χ0v) is 43.3. The second-order valence-electron chi connectivity index (χ2n) is 21.1. The summed E-state index contributed by atoms with van der Waals surface area (Å²) in [7, 11) is 0. The van der Waals surface area contributed by atoms with E-state index in [0.29, 0.717) is 18.2 Å². The molecular weight excluding hydrogens is 973 g/mol. The van der Waals surface area contributed by atoms with E-state index in [1.165, 1.54) is 59.6 Å². The van der Waals surface area contributed by atoms with Gasteiger partial charge in [-0.2, -0.15) is 0 Å². The van der Waals surface area contributed by atoms with Gasteiger partial charge in [-0.3, -0.25) is 4.90 Å². The molecule has 0 radical (unpaired) electrons. The molecule has 6 nitrogen and oxygen atoms in total. The maximum atomic E-state index is 5.76. The minimum absolute atomic E-state index is 0.575. The fraction of sp³-hybridized carbons (Fsp3) is 0.0135. The summed E-state index contributed by atoms with van der Waals surface area (Å²) >= 11 is 0. The number of rotatable bonds is 7. The highest BCUT2D eigenvalue weighted by atomic mass is 15.4. The molecule has 0 bridgehead atoms. The van der Waals surface area contributed by atoms with Crippen molar-refractivity contribution in [2.45, 2.75) is 0 Å². The molecule has 80 heavy (non-hydrogen) atoms. The average Bonchev–Trinajstić information content (AvgIpc) is 4.05. The standard InChI is InChI=1S/C74H46N6/c1-4-18-47(19-5-1)69-59-28-12-13-29-60(59)70(63-44-65-61(43-62(63)69)58-27-14-15-30-64(58)79(65)56-23-6-2-7-24-56)73-75-45-76-74(77-73)72-71(54-36-31-46-17-10-11-20-50(46)39-54)78-38-37-51(42-66(78)80(72)57-25-8-3-9-26-57)55-40-52-34-32-48-21-16-22-49-33-35-53(41-55)68(52)67(48)49/h1-37,39-45H,38H2. The summed E-state index contributed by atoms with van der Waals surface area (Å²) in [6.45, 7) is 0.626. The van der Waals surface area contributed by atoms with Crippen LogP contribution in [0.4, 0.5) is 5.69 Å². The van der Waals surface area contributed by atoms with Crippen molar-refractivity contribution >= 4 is 109 Å². The molecule has 2 aliphatic heterocycles. The van der Waals surface area contributed by atoms with Crippen molar-refractivity contribution < 1.29 is 0 Å². The third-order valence-electron chi connectivity index (χ3n) is 16.7. The molecule has 0 atom stereocenters. The maximum absolute atomic E-state index is 5.76. The van der Waals surface area contributed by atoms with Gasteiger partial charge < -0.3 is 9.47 Å². The fourth-order valence-corrected chi connectivity index (χ4v) is 13.3. The Balaban J connectivity index is 0.921. The summed E-state index contributed by atoms with van der Waals surface area (Å²) in [4.78, 5) is 21.0. The van der Waals surface area contributed by atoms with Crippen LogP contribution in [0.5, 0.6) is 0 Å². The summed E-state index contributed by atoms with van der Waals surface area (Å²) in [6, 6.07) is 90.4. The van der Waals surface area contributed by atoms with Gasteiger partial charge in [-0.25, -0.2) is 15.0 Å². The monoisotopic (exact) mass is 1020 g/mol. The average molecular weight is 1020 g/mol. The van der Waals surface area contributed by atoms with Crippen LogP contribution in [0.3, 0.4) is 0 Å². The zero-order valence-electron chi connectivity index (χ0n) is 43.3. The maximum Gasteiger partial charge on any atom is 0.182 e. The molecule has 2 aliphatic rings. The smallest absolute Gasteiger partial charge is 0.182 e. The van der Waals surface area contributed by atoms with Crippen molar-refractivity contribution in [1.82, 2.24) is 24.4 Å². The van der Waals surface area contributed by atoms with Crippen LogP contribution in [0.1, 0.15) is 17.0 Å². The summed E-state index contributed by atoms with van der Waals surface area (Å²) in [5, 5.41) is 16.8. The van der Waals surface area contributed by atoms with E-state index in [9.17, 15) is 0 Å². The van der Waals surface area contributed by atoms with Crippen LogP contribution in [-0.2, 0) is 0 Å². The van der Waals surface area contributed by atoms with E-state index < -0.39 is 0 Å². The molecule has 0 N–H and O–H groups in total. The van der Waals surface area contributed by atoms with Gasteiger partial charge in [-0.15, -0.1) is 0 Å². The number of allylic oxidation sites excluding steroid dienone is 2. The third-order valence-corrected chi connectivity index (χ3v) is 16.7. The minimum atomic E-state index is 0.575. The third kappa shape index (κ3) is 6.69. The molecule has 13 aromatic carbocycles. The van der Waals surface area contributed by atoms with E-state index in [4.69, 9.17) is 15.0 Å². The summed E-state index contributed by atoms with van der Waals surface area (Å²) in [6.07, 6.45) is 6.46. The van der Waals surface area contributed by atoms with Gasteiger partial charge in [0.05, 0.1) is 16.7 Å². The largest absolute Gasteiger partial charge is 0.321 e. The lowest BCUT2D eigenvalue weighted by Gasteiger charge is -2.30. The number of benzene rings is 13. The molecule has 17 rings (SSSR count). The molecule has 6 heteroatoms. The first-order chi connectivity index (χ1) is 39.7. The van der Waals surface area contributed by atoms with E-state index in [2.05, 4.69) is 275 Å². The first-order valence-corrected chi connectivity index (χ1v) is 27.4. The Hall–Kier alpha value is -10.7. The van der Waals surface area contributed by atoms with Crippen LogP contribution >= 0.6 is 0 Å². The van der Waals surface area contributed by atoms with E-state index in [-0.39, 0.29) is 0 Å². The summed E-state index contributed by atoms with van der Waals surface area (Å²) in [5.41, 5.74) is 13.0. The Labute approximate surface area is 460 Å². The normalized spacial score (nSPS) is 13.8. The molecule has 0 fully saturated rings. The second kappa shape index (κ2) is 17.4. The minimum Gasteiger partial charge on any atom is -0.321 e. The number of anilines is 1. The topological polar surface area (TPSA) is 50.1 Å². The van der Waals surface area contributed by atoms with E-state index in [0.717, 1.165) is 88.8 Å². The van der Waals surface area contributed by atoms with Gasteiger partial charge in [0, 0.05) is 39.8 Å². The molecule has 0 aliphatic carbocycles. The van der Waals surface area contributed by atoms with Gasteiger partial charge in [-0.1, -0.05) is 194 Å². The molecular formula is C74H46N6. The predicted molar refractivity (Wildman–Crippen MR) is 333 cm³/mol. The highest BCUT2D eigenvalue weighted by Crippen LogP contribution is 2.50.